The predicted molar refractivity (Wildman–Crippen MR) is 78.4 cm³/mol. The van der Waals surface area contributed by atoms with Crippen molar-refractivity contribution in [1.82, 2.24) is 5.43 Å². The highest BCUT2D eigenvalue weighted by molar-refractivity contribution is 6.46. The van der Waals surface area contributed by atoms with Gasteiger partial charge in [-0.25, -0.2) is 9.69 Å². The molecule has 132 valence electrons. The lowest BCUT2D eigenvalue weighted by Gasteiger charge is -2.20. The minimum absolute atomic E-state index is 0.0258. The van der Waals surface area contributed by atoms with Gasteiger partial charge in [0.1, 0.15) is 12.0 Å². The molecular formula is C15H12F3N3O4. The molecule has 2 atom stereocenters. The van der Waals surface area contributed by atoms with Crippen LogP contribution in [-0.2, 0) is 25.3 Å². The van der Waals surface area contributed by atoms with Crippen molar-refractivity contribution in [2.45, 2.75) is 19.1 Å². The predicted octanol–water partition coefficient (Wildman–Crippen LogP) is 1.09. The Kier molecular flexibility index (Phi) is 3.97. The molecule has 1 N–H and O–H groups in total. The van der Waals surface area contributed by atoms with Crippen molar-refractivity contribution in [3.05, 3.63) is 29.8 Å². The Morgan fingerprint density at radius 3 is 2.60 bits per heavy atom. The second kappa shape index (κ2) is 5.87. The van der Waals surface area contributed by atoms with Gasteiger partial charge in [-0.1, -0.05) is 12.1 Å². The molecular weight excluding hydrogens is 343 g/mol. The van der Waals surface area contributed by atoms with E-state index < -0.39 is 47.2 Å². The zero-order chi connectivity index (χ0) is 18.4. The average molecular weight is 355 g/mol. The van der Waals surface area contributed by atoms with Crippen LogP contribution in [0.2, 0.25) is 0 Å². The Morgan fingerprint density at radius 1 is 1.28 bits per heavy atom. The molecule has 1 saturated heterocycles. The topological polar surface area (TPSA) is 88.1 Å². The van der Waals surface area contributed by atoms with Crippen LogP contribution < -0.4 is 10.3 Å². The molecule has 2 aliphatic rings. The summed E-state index contributed by atoms with van der Waals surface area (Å²) in [5.74, 6) is -4.07. The highest BCUT2D eigenvalue weighted by atomic mass is 19.4. The van der Waals surface area contributed by atoms with Gasteiger partial charge < -0.3 is 4.74 Å². The first-order valence-electron chi connectivity index (χ1n) is 7.31. The lowest BCUT2D eigenvalue weighted by atomic mass is 9.99. The van der Waals surface area contributed by atoms with Gasteiger partial charge >= 0.3 is 12.1 Å². The van der Waals surface area contributed by atoms with Crippen LogP contribution in [0.5, 0.6) is 0 Å². The number of carbonyl (C=O) groups excluding carboxylic acids is 3. The Bertz CT molecular complexity index is 790. The first-order chi connectivity index (χ1) is 11.8. The number of nitrogens with one attached hydrogen (secondary N) is 1. The molecule has 0 radical (unpaired) electrons. The number of benzene rings is 1. The summed E-state index contributed by atoms with van der Waals surface area (Å²) in [4.78, 5) is 37.4. The maximum Gasteiger partial charge on any atom is 0.418 e. The van der Waals surface area contributed by atoms with Gasteiger partial charge in [0.15, 0.2) is 5.71 Å². The number of amides is 2. The summed E-state index contributed by atoms with van der Waals surface area (Å²) >= 11 is 0. The largest absolute Gasteiger partial charge is 0.461 e. The van der Waals surface area contributed by atoms with Gasteiger partial charge in [0, 0.05) is 0 Å². The van der Waals surface area contributed by atoms with E-state index in [-0.39, 0.29) is 12.3 Å². The molecule has 2 amide bonds. The Balaban J connectivity index is 2.00. The summed E-state index contributed by atoms with van der Waals surface area (Å²) in [6.07, 6.45) is -4.75. The van der Waals surface area contributed by atoms with E-state index in [2.05, 4.69) is 10.5 Å². The summed E-state index contributed by atoms with van der Waals surface area (Å²) in [6.45, 7) is 1.57. The summed E-state index contributed by atoms with van der Waals surface area (Å²) in [5.41, 5.74) is 0.319. The number of hydrazone groups is 1. The van der Waals surface area contributed by atoms with Crippen molar-refractivity contribution in [2.24, 2.45) is 11.0 Å². The van der Waals surface area contributed by atoms with Crippen LogP contribution >= 0.6 is 0 Å². The van der Waals surface area contributed by atoms with Crippen molar-refractivity contribution >= 4 is 29.2 Å². The first kappa shape index (κ1) is 16.9. The summed E-state index contributed by atoms with van der Waals surface area (Å²) < 4.78 is 44.3. The minimum atomic E-state index is -4.75. The molecule has 1 aromatic rings. The molecule has 0 aromatic heterocycles. The first-order valence-corrected chi connectivity index (χ1v) is 7.31. The number of fused-ring (bicyclic) bond motifs is 1. The van der Waals surface area contributed by atoms with Gasteiger partial charge in [-0.05, 0) is 19.1 Å². The van der Waals surface area contributed by atoms with E-state index in [0.717, 1.165) is 18.2 Å². The standard InChI is InChI=1S/C15H12F3N3O4/c1-2-25-14(24)11-9-10(19-20-11)13(23)21(12(9)22)8-6-4-3-5-7(8)15(16,17)18/h3-6,9-10,19H,2H2,1H3/t9-,10+/m0/s1. The highest BCUT2D eigenvalue weighted by Gasteiger charge is 2.56. The smallest absolute Gasteiger partial charge is 0.418 e. The van der Waals surface area contributed by atoms with E-state index in [1.165, 1.54) is 6.07 Å². The normalized spacial score (nSPS) is 22.6. The highest BCUT2D eigenvalue weighted by Crippen LogP contribution is 2.39. The molecule has 25 heavy (non-hydrogen) atoms. The molecule has 10 heteroatoms. The maximum absolute atomic E-state index is 13.2. The van der Waals surface area contributed by atoms with E-state index in [4.69, 9.17) is 4.74 Å². The third-order valence-corrected chi connectivity index (χ3v) is 3.86. The SMILES string of the molecule is CCOC(=O)C1=NN[C@H]2C(=O)N(c3ccccc3C(F)(F)F)C(=O)[C@H]12. The molecule has 2 heterocycles. The molecule has 1 fully saturated rings. The van der Waals surface area contributed by atoms with Crippen molar-refractivity contribution in [2.75, 3.05) is 11.5 Å². The molecule has 1 aromatic carbocycles. The third kappa shape index (κ3) is 2.63. The van der Waals surface area contributed by atoms with Crippen LogP contribution in [0.15, 0.2) is 29.4 Å². The van der Waals surface area contributed by atoms with E-state index in [9.17, 15) is 27.6 Å². The fraction of sp³-hybridized carbons (Fsp3) is 0.333. The fourth-order valence-electron chi connectivity index (χ4n) is 2.81. The van der Waals surface area contributed by atoms with Gasteiger partial charge in [-0.3, -0.25) is 15.0 Å². The molecule has 7 nitrogen and oxygen atoms in total. The maximum atomic E-state index is 13.2. The molecule has 0 unspecified atom stereocenters. The average Bonchev–Trinajstić information content (AvgIpc) is 3.08. The number of carbonyl (C=O) groups is 3. The van der Waals surface area contributed by atoms with Crippen LogP contribution in [0.25, 0.3) is 0 Å². The number of halogens is 3. The van der Waals surface area contributed by atoms with Gasteiger partial charge in [-0.2, -0.15) is 18.3 Å². The number of ether oxygens (including phenoxy) is 1. The molecule has 3 rings (SSSR count). The Morgan fingerprint density at radius 2 is 1.96 bits per heavy atom. The van der Waals surface area contributed by atoms with Crippen LogP contribution in [-0.4, -0.2) is 36.1 Å². The number of para-hydroxylation sites is 1. The quantitative estimate of drug-likeness (QED) is 0.648. The number of imide groups is 1. The van der Waals surface area contributed by atoms with Crippen molar-refractivity contribution in [3.63, 3.8) is 0 Å². The molecule has 2 aliphatic heterocycles. The number of hydrogen-bond donors (Lipinski definition) is 1. The summed E-state index contributed by atoms with van der Waals surface area (Å²) in [7, 11) is 0. The van der Waals surface area contributed by atoms with Crippen LogP contribution in [0.3, 0.4) is 0 Å². The second-order valence-electron chi connectivity index (χ2n) is 5.33. The Labute approximate surface area is 139 Å². The molecule has 0 aliphatic carbocycles. The zero-order valence-corrected chi connectivity index (χ0v) is 12.8. The van der Waals surface area contributed by atoms with E-state index in [1.54, 1.807) is 6.92 Å². The second-order valence-corrected chi connectivity index (χ2v) is 5.33. The van der Waals surface area contributed by atoms with Gasteiger partial charge in [0.25, 0.3) is 5.91 Å². The molecule has 0 saturated carbocycles. The zero-order valence-electron chi connectivity index (χ0n) is 12.8. The number of anilines is 1. The van der Waals surface area contributed by atoms with E-state index >= 15 is 0 Å². The molecule has 0 spiro atoms. The van der Waals surface area contributed by atoms with Crippen LogP contribution in [0, 0.1) is 5.92 Å². The number of alkyl halides is 3. The lowest BCUT2D eigenvalue weighted by molar-refractivity contribution is -0.138. The summed E-state index contributed by atoms with van der Waals surface area (Å²) in [6, 6.07) is 3.02. The van der Waals surface area contributed by atoms with Gasteiger partial charge in [0.2, 0.25) is 5.91 Å². The van der Waals surface area contributed by atoms with Crippen molar-refractivity contribution < 1.29 is 32.3 Å². The van der Waals surface area contributed by atoms with E-state index in [1.807, 2.05) is 0 Å². The van der Waals surface area contributed by atoms with E-state index in [0.29, 0.717) is 4.90 Å². The third-order valence-electron chi connectivity index (χ3n) is 3.86. The molecule has 0 bridgehead atoms. The van der Waals surface area contributed by atoms with Crippen LogP contribution in [0.4, 0.5) is 18.9 Å². The van der Waals surface area contributed by atoms with Gasteiger partial charge in [-0.15, -0.1) is 0 Å². The van der Waals surface area contributed by atoms with Crippen molar-refractivity contribution in [3.8, 4) is 0 Å². The van der Waals surface area contributed by atoms with Gasteiger partial charge in [0.05, 0.1) is 17.9 Å². The number of esters is 1. The lowest BCUT2D eigenvalue weighted by Crippen LogP contribution is -2.37. The Hall–Kier alpha value is -2.91. The number of nitrogens with zero attached hydrogens (tertiary/aromatic N) is 2. The summed E-state index contributed by atoms with van der Waals surface area (Å²) in [5, 5.41) is 3.64. The van der Waals surface area contributed by atoms with Crippen molar-refractivity contribution in [1.29, 1.82) is 0 Å². The number of rotatable bonds is 3. The number of hydrogen-bond acceptors (Lipinski definition) is 6. The fourth-order valence-corrected chi connectivity index (χ4v) is 2.81. The monoisotopic (exact) mass is 355 g/mol. The van der Waals surface area contributed by atoms with Crippen LogP contribution in [0.1, 0.15) is 12.5 Å². The minimum Gasteiger partial charge on any atom is -0.461 e.